The van der Waals surface area contributed by atoms with E-state index in [0.29, 0.717) is 17.9 Å². The zero-order chi connectivity index (χ0) is 16.8. The van der Waals surface area contributed by atoms with Gasteiger partial charge in [-0.2, -0.15) is 0 Å². The molecule has 0 bridgehead atoms. The molecule has 0 aromatic rings. The Morgan fingerprint density at radius 2 is 1.62 bits per heavy atom. The first-order valence-corrected chi connectivity index (χ1v) is 8.78. The molecule has 2 nitrogen and oxygen atoms in total. The lowest BCUT2D eigenvalue weighted by molar-refractivity contribution is -0.0196. The van der Waals surface area contributed by atoms with E-state index in [2.05, 4.69) is 86.8 Å². The van der Waals surface area contributed by atoms with Gasteiger partial charge in [-0.25, -0.2) is 0 Å². The minimum Gasteiger partial charge on any atom is -0.358 e. The third kappa shape index (κ3) is 5.94. The Balaban J connectivity index is 5.08. The van der Waals surface area contributed by atoms with Crippen molar-refractivity contribution in [3.8, 4) is 0 Å². The van der Waals surface area contributed by atoms with Gasteiger partial charge >= 0.3 is 0 Å². The summed E-state index contributed by atoms with van der Waals surface area (Å²) in [7, 11) is 4.37. The Morgan fingerprint density at radius 1 is 1.10 bits per heavy atom. The van der Waals surface area contributed by atoms with Gasteiger partial charge in [0.1, 0.15) is 0 Å². The van der Waals surface area contributed by atoms with E-state index in [1.807, 2.05) is 0 Å². The molecule has 0 aliphatic carbocycles. The summed E-state index contributed by atoms with van der Waals surface area (Å²) in [5.74, 6) is 1.37. The first kappa shape index (κ1) is 21.0. The Kier molecular flexibility index (Phi) is 8.57. The molecule has 21 heavy (non-hydrogen) atoms. The van der Waals surface area contributed by atoms with Crippen LogP contribution in [0.5, 0.6) is 0 Å². The molecule has 3 heteroatoms. The van der Waals surface area contributed by atoms with Crippen molar-refractivity contribution in [3.63, 3.8) is 0 Å². The van der Waals surface area contributed by atoms with Crippen LogP contribution in [-0.2, 0) is 0 Å². The molecule has 4 atom stereocenters. The van der Waals surface area contributed by atoms with Gasteiger partial charge in [-0.15, -0.1) is 0 Å². The fraction of sp³-hybridized carbons (Fsp3) is 1.00. The Bertz CT molecular complexity index is 287. The van der Waals surface area contributed by atoms with Gasteiger partial charge in [0.25, 0.3) is 0 Å². The van der Waals surface area contributed by atoms with Crippen molar-refractivity contribution in [1.82, 2.24) is 10.1 Å². The van der Waals surface area contributed by atoms with Crippen LogP contribution in [0.1, 0.15) is 74.7 Å². The van der Waals surface area contributed by atoms with Gasteiger partial charge in [-0.05, 0) is 65.5 Å². The van der Waals surface area contributed by atoms with E-state index in [-0.39, 0.29) is 11.1 Å². The van der Waals surface area contributed by atoms with Gasteiger partial charge < -0.3 is 5.23 Å². The SMILES string of the molecule is C[B]NC(C)CC(C)C(C)C(C)(CCC)N(C)C(C)(C)C. The van der Waals surface area contributed by atoms with Crippen LogP contribution in [0, 0.1) is 11.8 Å². The van der Waals surface area contributed by atoms with Crippen molar-refractivity contribution in [3.05, 3.63) is 0 Å². The van der Waals surface area contributed by atoms with E-state index < -0.39 is 0 Å². The average Bonchev–Trinajstić information content (AvgIpc) is 2.36. The highest BCUT2D eigenvalue weighted by Crippen LogP contribution is 2.38. The molecular weight excluding hydrogens is 255 g/mol. The molecule has 4 unspecified atom stereocenters. The van der Waals surface area contributed by atoms with Crippen LogP contribution in [0.15, 0.2) is 0 Å². The Labute approximate surface area is 135 Å². The summed E-state index contributed by atoms with van der Waals surface area (Å²) in [5, 5.41) is 3.44. The maximum atomic E-state index is 3.44. The van der Waals surface area contributed by atoms with E-state index in [1.54, 1.807) is 0 Å². The third-order valence-electron chi connectivity index (χ3n) is 5.54. The standard InChI is InChI=1S/C18H40BN2/c1-11-12-18(8,21(10)17(5,6)7)16(4)14(2)13-15(3)20-19-9/h14-16,20H,11-13H2,1-10H3. The minimum absolute atomic E-state index is 0.207. The van der Waals surface area contributed by atoms with Crippen molar-refractivity contribution in [2.45, 2.75) is 98.6 Å². The van der Waals surface area contributed by atoms with Gasteiger partial charge in [0, 0.05) is 11.1 Å². The molecule has 125 valence electrons. The Morgan fingerprint density at radius 3 is 2.00 bits per heavy atom. The number of nitrogens with zero attached hydrogens (tertiary/aromatic N) is 1. The number of rotatable bonds is 9. The van der Waals surface area contributed by atoms with Crippen molar-refractivity contribution in [2.24, 2.45) is 11.8 Å². The lowest BCUT2D eigenvalue weighted by Gasteiger charge is -2.52. The van der Waals surface area contributed by atoms with Crippen LogP contribution >= 0.6 is 0 Å². The van der Waals surface area contributed by atoms with Gasteiger partial charge in [0.2, 0.25) is 7.41 Å². The molecule has 0 aromatic carbocycles. The van der Waals surface area contributed by atoms with Gasteiger partial charge in [0.15, 0.2) is 0 Å². The predicted molar refractivity (Wildman–Crippen MR) is 98.0 cm³/mol. The summed E-state index contributed by atoms with van der Waals surface area (Å²) < 4.78 is 0. The molecule has 0 saturated carbocycles. The molecule has 1 N–H and O–H groups in total. The zero-order valence-corrected chi connectivity index (χ0v) is 16.4. The highest BCUT2D eigenvalue weighted by molar-refractivity contribution is 6.30. The van der Waals surface area contributed by atoms with Crippen molar-refractivity contribution in [1.29, 1.82) is 0 Å². The summed E-state index contributed by atoms with van der Waals surface area (Å²) in [6.07, 6.45) is 3.72. The summed E-state index contributed by atoms with van der Waals surface area (Å²) in [5.41, 5.74) is 0.459. The lowest BCUT2D eigenvalue weighted by atomic mass is 9.72. The molecule has 0 rings (SSSR count). The first-order valence-electron chi connectivity index (χ1n) is 8.78. The predicted octanol–water partition coefficient (Wildman–Crippen LogP) is 4.58. The first-order chi connectivity index (χ1) is 9.50. The van der Waals surface area contributed by atoms with Crippen LogP contribution in [0.25, 0.3) is 0 Å². The molecule has 0 heterocycles. The van der Waals surface area contributed by atoms with Crippen LogP contribution < -0.4 is 5.23 Å². The zero-order valence-electron chi connectivity index (χ0n) is 16.4. The normalized spacial score (nSPS) is 20.0. The van der Waals surface area contributed by atoms with Gasteiger partial charge in [-0.3, -0.25) is 4.90 Å². The second kappa shape index (κ2) is 8.57. The van der Waals surface area contributed by atoms with Crippen molar-refractivity contribution in [2.75, 3.05) is 7.05 Å². The number of hydrogen-bond donors (Lipinski definition) is 1. The fourth-order valence-electron chi connectivity index (χ4n) is 3.70. The molecular formula is C18H40BN2. The van der Waals surface area contributed by atoms with E-state index >= 15 is 0 Å². The quantitative estimate of drug-likeness (QED) is 0.626. The van der Waals surface area contributed by atoms with Crippen LogP contribution in [-0.4, -0.2) is 36.5 Å². The monoisotopic (exact) mass is 295 g/mol. The smallest absolute Gasteiger partial charge is 0.201 e. The van der Waals surface area contributed by atoms with Crippen LogP contribution in [0.4, 0.5) is 0 Å². The second-order valence-corrected chi connectivity index (χ2v) is 8.20. The topological polar surface area (TPSA) is 15.3 Å². The van der Waals surface area contributed by atoms with Gasteiger partial charge in [0.05, 0.1) is 0 Å². The molecule has 0 amide bonds. The molecule has 0 fully saturated rings. The second-order valence-electron chi connectivity index (χ2n) is 8.20. The van der Waals surface area contributed by atoms with Gasteiger partial charge in [-0.1, -0.05) is 40.9 Å². The minimum atomic E-state index is 0.207. The lowest BCUT2D eigenvalue weighted by Crippen LogP contribution is -2.58. The molecule has 0 saturated heterocycles. The van der Waals surface area contributed by atoms with Crippen LogP contribution in [0.3, 0.4) is 0 Å². The fourth-order valence-corrected chi connectivity index (χ4v) is 3.70. The highest BCUT2D eigenvalue weighted by atomic mass is 15.2. The van der Waals surface area contributed by atoms with E-state index in [4.69, 9.17) is 0 Å². The molecule has 0 aliphatic rings. The van der Waals surface area contributed by atoms with E-state index in [9.17, 15) is 0 Å². The van der Waals surface area contributed by atoms with Crippen molar-refractivity contribution >= 4 is 7.41 Å². The number of hydrogen-bond acceptors (Lipinski definition) is 2. The molecule has 0 aromatic heterocycles. The molecule has 0 aliphatic heterocycles. The van der Waals surface area contributed by atoms with E-state index in [0.717, 1.165) is 0 Å². The van der Waals surface area contributed by atoms with Crippen molar-refractivity contribution < 1.29 is 0 Å². The third-order valence-corrected chi connectivity index (χ3v) is 5.54. The van der Waals surface area contributed by atoms with Crippen LogP contribution in [0.2, 0.25) is 6.82 Å². The maximum absolute atomic E-state index is 3.44. The summed E-state index contributed by atoms with van der Waals surface area (Å²) >= 11 is 0. The Hall–Kier alpha value is -0.0151. The van der Waals surface area contributed by atoms with E-state index in [1.165, 1.54) is 19.3 Å². The average molecular weight is 295 g/mol. The highest BCUT2D eigenvalue weighted by Gasteiger charge is 2.41. The number of nitrogens with one attached hydrogen (secondary N) is 1. The largest absolute Gasteiger partial charge is 0.358 e. The maximum Gasteiger partial charge on any atom is 0.201 e. The molecule has 1 radical (unpaired) electrons. The summed E-state index contributed by atoms with van der Waals surface area (Å²) in [4.78, 5) is 2.61. The molecule has 0 spiro atoms. The summed E-state index contributed by atoms with van der Waals surface area (Å²) in [6.45, 7) is 21.0. The summed E-state index contributed by atoms with van der Waals surface area (Å²) in [6, 6.07) is 0.554.